The molecule has 1 aliphatic carbocycles. The number of nitrogens with zero attached hydrogens (tertiary/aromatic N) is 2. The van der Waals surface area contributed by atoms with Gasteiger partial charge >= 0.3 is 5.97 Å². The minimum Gasteiger partial charge on any atom is -0.507 e. The Bertz CT molecular complexity index is 1440. The SMILES string of the molecule is O=C(O)c1coc2c1c(C(c1ccnc(OCC3CCCC3)c1)N1CCNCC1)c(O)c1ccccc12. The summed E-state index contributed by atoms with van der Waals surface area (Å²) >= 11 is 0. The maximum atomic E-state index is 12.3. The van der Waals surface area contributed by atoms with Crippen LogP contribution >= 0.6 is 0 Å². The topological polar surface area (TPSA) is 108 Å². The molecule has 6 rings (SSSR count). The van der Waals surface area contributed by atoms with Crippen LogP contribution in [0.25, 0.3) is 21.7 Å². The second kappa shape index (κ2) is 10.0. The van der Waals surface area contributed by atoms with Crippen LogP contribution in [0.15, 0.2) is 53.3 Å². The number of hydrogen-bond acceptors (Lipinski definition) is 7. The average Bonchev–Trinajstić information content (AvgIpc) is 3.61. The molecule has 1 aliphatic heterocycles. The molecule has 2 aromatic heterocycles. The van der Waals surface area contributed by atoms with Crippen LogP contribution in [0.2, 0.25) is 0 Å². The number of nitrogens with one attached hydrogen (secondary N) is 1. The van der Waals surface area contributed by atoms with Gasteiger partial charge in [0.15, 0.2) is 0 Å². The number of aromatic hydroxyl groups is 1. The molecule has 37 heavy (non-hydrogen) atoms. The van der Waals surface area contributed by atoms with Gasteiger partial charge in [-0.2, -0.15) is 0 Å². The maximum Gasteiger partial charge on any atom is 0.339 e. The molecule has 1 unspecified atom stereocenters. The highest BCUT2D eigenvalue weighted by molar-refractivity contribution is 6.15. The van der Waals surface area contributed by atoms with Crippen LogP contribution in [0.1, 0.15) is 53.2 Å². The molecule has 8 heteroatoms. The van der Waals surface area contributed by atoms with E-state index in [0.717, 1.165) is 31.7 Å². The first kappa shape index (κ1) is 23.8. The fraction of sp³-hybridized carbons (Fsp3) is 0.379. The van der Waals surface area contributed by atoms with Gasteiger partial charge in [-0.05, 0) is 30.4 Å². The summed E-state index contributed by atoms with van der Waals surface area (Å²) in [6, 6.07) is 10.8. The van der Waals surface area contributed by atoms with Gasteiger partial charge in [0, 0.05) is 60.2 Å². The number of rotatable bonds is 7. The van der Waals surface area contributed by atoms with Gasteiger partial charge < -0.3 is 24.7 Å². The smallest absolute Gasteiger partial charge is 0.339 e. The van der Waals surface area contributed by atoms with E-state index in [1.165, 1.54) is 31.9 Å². The Morgan fingerprint density at radius 2 is 1.92 bits per heavy atom. The van der Waals surface area contributed by atoms with Crippen molar-refractivity contribution in [3.05, 3.63) is 65.5 Å². The van der Waals surface area contributed by atoms with E-state index in [1.807, 2.05) is 36.4 Å². The summed E-state index contributed by atoms with van der Waals surface area (Å²) in [7, 11) is 0. The van der Waals surface area contributed by atoms with E-state index < -0.39 is 12.0 Å². The summed E-state index contributed by atoms with van der Waals surface area (Å²) in [6.45, 7) is 3.70. The highest BCUT2D eigenvalue weighted by atomic mass is 16.5. The Hall–Kier alpha value is -3.62. The number of furan rings is 1. The molecule has 3 N–H and O–H groups in total. The Morgan fingerprint density at radius 1 is 1.16 bits per heavy atom. The summed E-state index contributed by atoms with van der Waals surface area (Å²) in [4.78, 5) is 19.0. The predicted octanol–water partition coefficient (Wildman–Crippen LogP) is 4.95. The molecule has 1 atom stereocenters. The summed E-state index contributed by atoms with van der Waals surface area (Å²) in [6.07, 6.45) is 7.88. The third-order valence-electron chi connectivity index (χ3n) is 7.78. The number of aromatic carboxylic acids is 1. The van der Waals surface area contributed by atoms with Crippen molar-refractivity contribution in [1.82, 2.24) is 15.2 Å². The molecule has 0 spiro atoms. The van der Waals surface area contributed by atoms with E-state index in [1.54, 1.807) is 6.20 Å². The number of benzene rings is 2. The molecular formula is C29H31N3O5. The Morgan fingerprint density at radius 3 is 2.68 bits per heavy atom. The van der Waals surface area contributed by atoms with Crippen molar-refractivity contribution in [3.63, 3.8) is 0 Å². The lowest BCUT2D eigenvalue weighted by atomic mass is 9.89. The van der Waals surface area contributed by atoms with Gasteiger partial charge in [0.1, 0.15) is 23.2 Å². The molecule has 2 aromatic carbocycles. The fourth-order valence-electron chi connectivity index (χ4n) is 5.95. The highest BCUT2D eigenvalue weighted by Crippen LogP contribution is 2.46. The zero-order valence-corrected chi connectivity index (χ0v) is 20.7. The van der Waals surface area contributed by atoms with Crippen molar-refractivity contribution in [2.45, 2.75) is 31.7 Å². The third kappa shape index (κ3) is 4.40. The number of phenols is 1. The van der Waals surface area contributed by atoms with E-state index in [0.29, 0.717) is 45.7 Å². The number of aromatic nitrogens is 1. The van der Waals surface area contributed by atoms with Gasteiger partial charge in [0.2, 0.25) is 5.88 Å². The van der Waals surface area contributed by atoms with Crippen molar-refractivity contribution in [2.75, 3.05) is 32.8 Å². The first-order chi connectivity index (χ1) is 18.1. The summed E-state index contributed by atoms with van der Waals surface area (Å²) < 4.78 is 12.0. The first-order valence-corrected chi connectivity index (χ1v) is 13.0. The van der Waals surface area contributed by atoms with E-state index in [4.69, 9.17) is 9.15 Å². The number of carboxylic acids is 1. The Kier molecular flexibility index (Phi) is 6.44. The number of ether oxygens (including phenoxy) is 1. The second-order valence-corrected chi connectivity index (χ2v) is 10.0. The zero-order chi connectivity index (χ0) is 25.4. The van der Waals surface area contributed by atoms with Crippen molar-refractivity contribution < 1.29 is 24.2 Å². The largest absolute Gasteiger partial charge is 0.507 e. The fourth-order valence-corrected chi connectivity index (χ4v) is 5.95. The zero-order valence-electron chi connectivity index (χ0n) is 20.7. The van der Waals surface area contributed by atoms with Crippen LogP contribution in [0.5, 0.6) is 11.6 Å². The number of phenolic OH excluding ortho intramolecular Hbond substituents is 1. The molecule has 1 saturated heterocycles. The number of piperazine rings is 1. The van der Waals surface area contributed by atoms with Crippen LogP contribution in [0, 0.1) is 5.92 Å². The number of hydrogen-bond donors (Lipinski definition) is 3. The summed E-state index contributed by atoms with van der Waals surface area (Å²) in [5.41, 5.74) is 1.93. The second-order valence-electron chi connectivity index (χ2n) is 10.0. The summed E-state index contributed by atoms with van der Waals surface area (Å²) in [5.74, 6) is 0.0826. The van der Waals surface area contributed by atoms with E-state index in [2.05, 4.69) is 15.2 Å². The lowest BCUT2D eigenvalue weighted by Gasteiger charge is -2.36. The van der Waals surface area contributed by atoms with Crippen molar-refractivity contribution in [2.24, 2.45) is 5.92 Å². The molecule has 192 valence electrons. The lowest BCUT2D eigenvalue weighted by molar-refractivity contribution is 0.0698. The van der Waals surface area contributed by atoms with E-state index in [-0.39, 0.29) is 11.3 Å². The molecular weight excluding hydrogens is 470 g/mol. The van der Waals surface area contributed by atoms with E-state index >= 15 is 0 Å². The van der Waals surface area contributed by atoms with Crippen LogP contribution in [0.3, 0.4) is 0 Å². The van der Waals surface area contributed by atoms with Gasteiger partial charge in [0.25, 0.3) is 0 Å². The van der Waals surface area contributed by atoms with Crippen molar-refractivity contribution >= 4 is 27.7 Å². The van der Waals surface area contributed by atoms with Crippen LogP contribution in [-0.4, -0.2) is 58.9 Å². The lowest BCUT2D eigenvalue weighted by Crippen LogP contribution is -2.45. The molecule has 3 heterocycles. The van der Waals surface area contributed by atoms with E-state index in [9.17, 15) is 15.0 Å². The average molecular weight is 502 g/mol. The molecule has 1 saturated carbocycles. The molecule has 2 aliphatic rings. The van der Waals surface area contributed by atoms with Gasteiger partial charge in [-0.3, -0.25) is 4.90 Å². The van der Waals surface area contributed by atoms with Crippen molar-refractivity contribution in [1.29, 1.82) is 0 Å². The number of carbonyl (C=O) groups is 1. The van der Waals surface area contributed by atoms with Gasteiger partial charge in [-0.25, -0.2) is 9.78 Å². The number of carboxylic acid groups (broad SMARTS) is 1. The van der Waals surface area contributed by atoms with Gasteiger partial charge in [0.05, 0.1) is 12.6 Å². The quantitative estimate of drug-likeness (QED) is 0.327. The molecule has 0 bridgehead atoms. The molecule has 2 fully saturated rings. The highest BCUT2D eigenvalue weighted by Gasteiger charge is 2.33. The normalized spacial score (nSPS) is 17.9. The minimum atomic E-state index is -1.09. The first-order valence-electron chi connectivity index (χ1n) is 13.0. The van der Waals surface area contributed by atoms with Gasteiger partial charge in [-0.15, -0.1) is 0 Å². The summed E-state index contributed by atoms with van der Waals surface area (Å²) in [5, 5.41) is 26.9. The Labute approximate surface area is 214 Å². The number of fused-ring (bicyclic) bond motifs is 3. The monoisotopic (exact) mass is 501 g/mol. The third-order valence-corrected chi connectivity index (χ3v) is 7.78. The predicted molar refractivity (Wildman–Crippen MR) is 140 cm³/mol. The van der Waals surface area contributed by atoms with Crippen LogP contribution in [-0.2, 0) is 0 Å². The van der Waals surface area contributed by atoms with Crippen LogP contribution < -0.4 is 10.1 Å². The molecule has 4 aromatic rings. The standard InChI is InChI=1S/C29H31N3O5/c33-27-20-7-3-4-8-21(20)28-24(22(17-37-28)29(34)35)25(27)26(32-13-11-30-12-14-32)19-9-10-31-23(15-19)36-16-18-5-1-2-6-18/h3-4,7-10,15,17-18,26,30,33H,1-2,5-6,11-14,16H2,(H,34,35). The van der Waals surface area contributed by atoms with Crippen molar-refractivity contribution in [3.8, 4) is 11.6 Å². The Balaban J connectivity index is 1.53. The van der Waals surface area contributed by atoms with Crippen LogP contribution in [0.4, 0.5) is 0 Å². The molecule has 0 radical (unpaired) electrons. The maximum absolute atomic E-state index is 12.3. The molecule has 0 amide bonds. The minimum absolute atomic E-state index is 0.0398. The molecule has 8 nitrogen and oxygen atoms in total. The number of pyridine rings is 1. The van der Waals surface area contributed by atoms with Gasteiger partial charge in [-0.1, -0.05) is 37.1 Å².